The molecule has 122 valence electrons. The van der Waals surface area contributed by atoms with Gasteiger partial charge in [0.1, 0.15) is 5.60 Å². The average Bonchev–Trinajstić information content (AvgIpc) is 2.89. The minimum absolute atomic E-state index is 0.201. The van der Waals surface area contributed by atoms with Crippen molar-refractivity contribution in [3.8, 4) is 0 Å². The number of amides is 1. The van der Waals surface area contributed by atoms with E-state index in [2.05, 4.69) is 14.9 Å². The van der Waals surface area contributed by atoms with Crippen molar-refractivity contribution in [2.75, 3.05) is 19.6 Å². The summed E-state index contributed by atoms with van der Waals surface area (Å²) in [5, 5.41) is 3.35. The maximum Gasteiger partial charge on any atom is 0.410 e. The summed E-state index contributed by atoms with van der Waals surface area (Å²) in [6, 6.07) is 0.315. The molecule has 1 N–H and O–H groups in total. The third-order valence-corrected chi connectivity index (χ3v) is 4.26. The molecule has 0 saturated carbocycles. The van der Waals surface area contributed by atoms with E-state index in [4.69, 9.17) is 4.74 Å². The maximum absolute atomic E-state index is 12.3. The summed E-state index contributed by atoms with van der Waals surface area (Å²) in [4.78, 5) is 18.7. The number of ether oxygens (including phenoxy) is 1. The lowest BCUT2D eigenvalue weighted by Gasteiger charge is -2.35. The zero-order valence-corrected chi connectivity index (χ0v) is 13.8. The number of carbonyl (C=O) groups is 1. The fraction of sp³-hybridized carbons (Fsp3) is 0.750. The van der Waals surface area contributed by atoms with E-state index in [-0.39, 0.29) is 6.09 Å². The van der Waals surface area contributed by atoms with Gasteiger partial charge in [0.15, 0.2) is 0 Å². The number of likely N-dealkylation sites (tertiary alicyclic amines) is 1. The largest absolute Gasteiger partial charge is 0.444 e. The zero-order chi connectivity index (χ0) is 15.7. The van der Waals surface area contributed by atoms with Crippen LogP contribution in [0.5, 0.6) is 0 Å². The van der Waals surface area contributed by atoms with Crippen LogP contribution in [0.1, 0.15) is 51.0 Å². The van der Waals surface area contributed by atoms with Crippen molar-refractivity contribution < 1.29 is 9.53 Å². The highest BCUT2D eigenvalue weighted by Crippen LogP contribution is 2.26. The second-order valence-corrected chi connectivity index (χ2v) is 7.19. The van der Waals surface area contributed by atoms with E-state index in [0.29, 0.717) is 12.6 Å². The molecule has 22 heavy (non-hydrogen) atoms. The molecular weight excluding hydrogens is 280 g/mol. The molecule has 3 rings (SSSR count). The molecule has 1 fully saturated rings. The smallest absolute Gasteiger partial charge is 0.410 e. The number of fused-ring (bicyclic) bond motifs is 1. The molecule has 3 heterocycles. The maximum atomic E-state index is 12.3. The molecule has 1 atom stereocenters. The molecule has 0 bridgehead atoms. The summed E-state index contributed by atoms with van der Waals surface area (Å²) >= 11 is 0. The van der Waals surface area contributed by atoms with E-state index < -0.39 is 5.60 Å². The topological polar surface area (TPSA) is 59.4 Å². The Morgan fingerprint density at radius 2 is 2.27 bits per heavy atom. The minimum atomic E-state index is -0.441. The Morgan fingerprint density at radius 3 is 3.05 bits per heavy atom. The zero-order valence-electron chi connectivity index (χ0n) is 13.8. The molecule has 0 spiro atoms. The Balaban J connectivity index is 1.71. The highest BCUT2D eigenvalue weighted by molar-refractivity contribution is 5.68. The number of nitrogens with zero attached hydrogens (tertiary/aromatic N) is 3. The molecule has 0 aliphatic carbocycles. The van der Waals surface area contributed by atoms with Gasteiger partial charge in [0, 0.05) is 38.3 Å². The fourth-order valence-electron chi connectivity index (χ4n) is 3.25. The Hall–Kier alpha value is -1.56. The molecule has 1 aromatic heterocycles. The SMILES string of the molecule is CC(C)(C)OC(=O)N1CCCC(n2cnc3c2CCNC3)C1. The summed E-state index contributed by atoms with van der Waals surface area (Å²) in [5.74, 6) is 0. The number of aromatic nitrogens is 2. The molecule has 2 aliphatic heterocycles. The van der Waals surface area contributed by atoms with Crippen molar-refractivity contribution in [1.29, 1.82) is 0 Å². The van der Waals surface area contributed by atoms with Crippen LogP contribution in [0.25, 0.3) is 0 Å². The van der Waals surface area contributed by atoms with Gasteiger partial charge in [0.25, 0.3) is 0 Å². The normalized spacial score (nSPS) is 22.3. The van der Waals surface area contributed by atoms with E-state index in [1.807, 2.05) is 32.0 Å². The Bertz CT molecular complexity index is 547. The Kier molecular flexibility index (Phi) is 4.12. The van der Waals surface area contributed by atoms with Crippen molar-refractivity contribution in [2.45, 2.75) is 58.2 Å². The third-order valence-electron chi connectivity index (χ3n) is 4.26. The molecule has 0 aromatic carbocycles. The van der Waals surface area contributed by atoms with E-state index in [9.17, 15) is 4.79 Å². The van der Waals surface area contributed by atoms with Crippen LogP contribution in [0, 0.1) is 0 Å². The van der Waals surface area contributed by atoms with Gasteiger partial charge in [-0.15, -0.1) is 0 Å². The first kappa shape index (κ1) is 15.3. The first-order chi connectivity index (χ1) is 10.4. The van der Waals surface area contributed by atoms with Gasteiger partial charge in [0.05, 0.1) is 18.1 Å². The van der Waals surface area contributed by atoms with E-state index in [1.54, 1.807) is 0 Å². The second kappa shape index (κ2) is 5.91. The predicted octanol–water partition coefficient (Wildman–Crippen LogP) is 2.10. The van der Waals surface area contributed by atoms with Crippen LogP contribution >= 0.6 is 0 Å². The molecule has 6 nitrogen and oxygen atoms in total. The number of rotatable bonds is 1. The van der Waals surface area contributed by atoms with Crippen LogP contribution < -0.4 is 5.32 Å². The van der Waals surface area contributed by atoms with Crippen LogP contribution in [0.15, 0.2) is 6.33 Å². The highest BCUT2D eigenvalue weighted by atomic mass is 16.6. The molecule has 1 saturated heterocycles. The fourth-order valence-corrected chi connectivity index (χ4v) is 3.25. The molecule has 1 unspecified atom stereocenters. The molecule has 1 amide bonds. The van der Waals surface area contributed by atoms with Crippen molar-refractivity contribution in [1.82, 2.24) is 19.8 Å². The van der Waals surface area contributed by atoms with Gasteiger partial charge in [-0.3, -0.25) is 0 Å². The number of piperidine rings is 1. The summed E-state index contributed by atoms with van der Waals surface area (Å²) in [7, 11) is 0. The number of imidazole rings is 1. The van der Waals surface area contributed by atoms with Crippen LogP contribution in [-0.2, 0) is 17.7 Å². The molecular formula is C16H26N4O2. The van der Waals surface area contributed by atoms with Crippen molar-refractivity contribution in [2.24, 2.45) is 0 Å². The van der Waals surface area contributed by atoms with Gasteiger partial charge in [-0.05, 0) is 33.6 Å². The number of hydrogen-bond acceptors (Lipinski definition) is 4. The molecule has 0 radical (unpaired) electrons. The highest BCUT2D eigenvalue weighted by Gasteiger charge is 2.30. The lowest BCUT2D eigenvalue weighted by Crippen LogP contribution is -2.43. The van der Waals surface area contributed by atoms with Crippen molar-refractivity contribution >= 4 is 6.09 Å². The molecule has 6 heteroatoms. The Labute approximate surface area is 131 Å². The second-order valence-electron chi connectivity index (χ2n) is 7.19. The van der Waals surface area contributed by atoms with Crippen molar-refractivity contribution in [3.63, 3.8) is 0 Å². The average molecular weight is 306 g/mol. The third kappa shape index (κ3) is 3.27. The van der Waals surface area contributed by atoms with Gasteiger partial charge < -0.3 is 19.5 Å². The number of hydrogen-bond donors (Lipinski definition) is 1. The quantitative estimate of drug-likeness (QED) is 0.863. The first-order valence-corrected chi connectivity index (χ1v) is 8.17. The summed E-state index contributed by atoms with van der Waals surface area (Å²) in [6.07, 6.45) is 4.86. The summed E-state index contributed by atoms with van der Waals surface area (Å²) in [5.41, 5.74) is 2.04. The number of carbonyl (C=O) groups excluding carboxylic acids is 1. The summed E-state index contributed by atoms with van der Waals surface area (Å²) < 4.78 is 7.79. The predicted molar refractivity (Wildman–Crippen MR) is 83.7 cm³/mol. The van der Waals surface area contributed by atoms with Gasteiger partial charge in [-0.1, -0.05) is 0 Å². The molecule has 1 aromatic rings. The number of nitrogens with one attached hydrogen (secondary N) is 1. The van der Waals surface area contributed by atoms with Crippen molar-refractivity contribution in [3.05, 3.63) is 17.7 Å². The standard InChI is InChI=1S/C16H26N4O2/c1-16(2,3)22-15(21)19-8-4-5-12(10-19)20-11-18-13-9-17-7-6-14(13)20/h11-12,17H,4-10H2,1-3H3. The van der Waals surface area contributed by atoms with Gasteiger partial charge in [-0.25, -0.2) is 9.78 Å². The first-order valence-electron chi connectivity index (χ1n) is 8.17. The lowest BCUT2D eigenvalue weighted by molar-refractivity contribution is 0.0171. The van der Waals surface area contributed by atoms with Gasteiger partial charge >= 0.3 is 6.09 Å². The van der Waals surface area contributed by atoms with Gasteiger partial charge in [0.2, 0.25) is 0 Å². The summed E-state index contributed by atoms with van der Waals surface area (Å²) in [6.45, 7) is 9.07. The van der Waals surface area contributed by atoms with Crippen LogP contribution in [0.2, 0.25) is 0 Å². The van der Waals surface area contributed by atoms with E-state index in [0.717, 1.165) is 44.6 Å². The molecule has 2 aliphatic rings. The van der Waals surface area contributed by atoms with E-state index in [1.165, 1.54) is 5.69 Å². The Morgan fingerprint density at radius 1 is 1.45 bits per heavy atom. The van der Waals surface area contributed by atoms with E-state index >= 15 is 0 Å². The van der Waals surface area contributed by atoms with Gasteiger partial charge in [-0.2, -0.15) is 0 Å². The minimum Gasteiger partial charge on any atom is -0.444 e. The lowest BCUT2D eigenvalue weighted by atomic mass is 10.0. The van der Waals surface area contributed by atoms with Crippen LogP contribution in [-0.4, -0.2) is 45.8 Å². The monoisotopic (exact) mass is 306 g/mol. The van der Waals surface area contributed by atoms with Crippen LogP contribution in [0.3, 0.4) is 0 Å². The van der Waals surface area contributed by atoms with Crippen LogP contribution in [0.4, 0.5) is 4.79 Å².